The second-order valence-electron chi connectivity index (χ2n) is 5.46. The largest absolute Gasteiger partial charge is 0.349 e. The number of non-ortho nitro benzene ring substituents is 2. The summed E-state index contributed by atoms with van der Waals surface area (Å²) in [6.07, 6.45) is 0.406. The zero-order valence-corrected chi connectivity index (χ0v) is 13.1. The van der Waals surface area contributed by atoms with Crippen molar-refractivity contribution in [3.8, 4) is 0 Å². The predicted molar refractivity (Wildman–Crippen MR) is 86.8 cm³/mol. The molecule has 0 unspecified atom stereocenters. The number of halogens is 1. The Kier molecular flexibility index (Phi) is 5.38. The van der Waals surface area contributed by atoms with Crippen molar-refractivity contribution in [1.29, 1.82) is 0 Å². The molecule has 25 heavy (non-hydrogen) atoms. The molecule has 0 heterocycles. The fourth-order valence-electron chi connectivity index (χ4n) is 2.27. The lowest BCUT2D eigenvalue weighted by atomic mass is 10.1. The number of nitrogens with one attached hydrogen (secondary N) is 1. The monoisotopic (exact) mass is 347 g/mol. The molecule has 1 amide bonds. The fourth-order valence-corrected chi connectivity index (χ4v) is 2.27. The summed E-state index contributed by atoms with van der Waals surface area (Å²) in [7, 11) is 0. The molecule has 0 aliphatic rings. The molecule has 1 atom stereocenters. The molecule has 2 rings (SSSR count). The third kappa shape index (κ3) is 4.80. The van der Waals surface area contributed by atoms with E-state index in [0.717, 1.165) is 23.8 Å². The van der Waals surface area contributed by atoms with Crippen molar-refractivity contribution in [3.63, 3.8) is 0 Å². The van der Waals surface area contributed by atoms with Gasteiger partial charge in [-0.15, -0.1) is 0 Å². The molecule has 0 aliphatic carbocycles. The summed E-state index contributed by atoms with van der Waals surface area (Å²) >= 11 is 0. The summed E-state index contributed by atoms with van der Waals surface area (Å²) in [5.41, 5.74) is -0.456. The number of hydrogen-bond donors (Lipinski definition) is 1. The number of nitro groups is 2. The van der Waals surface area contributed by atoms with Crippen molar-refractivity contribution in [3.05, 3.63) is 79.6 Å². The first-order valence-electron chi connectivity index (χ1n) is 7.25. The van der Waals surface area contributed by atoms with E-state index in [-0.39, 0.29) is 17.4 Å². The molecule has 0 saturated carbocycles. The van der Waals surface area contributed by atoms with Gasteiger partial charge in [-0.25, -0.2) is 4.39 Å². The zero-order valence-electron chi connectivity index (χ0n) is 13.1. The summed E-state index contributed by atoms with van der Waals surface area (Å²) in [6, 6.07) is 8.14. The lowest BCUT2D eigenvalue weighted by Crippen LogP contribution is -2.34. The van der Waals surface area contributed by atoms with Crippen LogP contribution >= 0.6 is 0 Å². The van der Waals surface area contributed by atoms with Gasteiger partial charge in [0.2, 0.25) is 0 Å². The van der Waals surface area contributed by atoms with Crippen LogP contribution in [0.3, 0.4) is 0 Å². The molecule has 0 bridgehead atoms. The van der Waals surface area contributed by atoms with Gasteiger partial charge in [0, 0.05) is 18.2 Å². The molecule has 1 N–H and O–H groups in total. The van der Waals surface area contributed by atoms with Crippen molar-refractivity contribution in [2.24, 2.45) is 0 Å². The molecule has 0 fully saturated rings. The van der Waals surface area contributed by atoms with E-state index < -0.39 is 27.1 Å². The average Bonchev–Trinajstić information content (AvgIpc) is 2.56. The Morgan fingerprint density at radius 2 is 1.60 bits per heavy atom. The second-order valence-corrected chi connectivity index (χ2v) is 5.46. The first kappa shape index (κ1) is 18.0. The first-order valence-corrected chi connectivity index (χ1v) is 7.25. The minimum Gasteiger partial charge on any atom is -0.349 e. The highest BCUT2D eigenvalue weighted by Gasteiger charge is 2.20. The number of rotatable bonds is 6. The number of carbonyl (C=O) groups excluding carboxylic acids is 1. The minimum absolute atomic E-state index is 0.174. The molecular weight excluding hydrogens is 333 g/mol. The maximum Gasteiger partial charge on any atom is 0.277 e. The van der Waals surface area contributed by atoms with E-state index in [9.17, 15) is 29.4 Å². The Hall–Kier alpha value is -3.36. The predicted octanol–water partition coefficient (Wildman–Crippen LogP) is 3.00. The maximum absolute atomic E-state index is 12.9. The van der Waals surface area contributed by atoms with Gasteiger partial charge in [0.25, 0.3) is 17.3 Å². The van der Waals surface area contributed by atoms with Crippen LogP contribution in [0, 0.1) is 26.0 Å². The van der Waals surface area contributed by atoms with Crippen LogP contribution in [0.1, 0.15) is 22.8 Å². The van der Waals surface area contributed by atoms with Crippen molar-refractivity contribution in [1.82, 2.24) is 5.32 Å². The molecule has 8 nitrogen and oxygen atoms in total. The van der Waals surface area contributed by atoms with E-state index in [2.05, 4.69) is 5.32 Å². The highest BCUT2D eigenvalue weighted by Crippen LogP contribution is 2.22. The van der Waals surface area contributed by atoms with Gasteiger partial charge >= 0.3 is 0 Å². The molecule has 130 valence electrons. The van der Waals surface area contributed by atoms with E-state index in [4.69, 9.17) is 0 Å². The van der Waals surface area contributed by atoms with Crippen molar-refractivity contribution < 1.29 is 19.0 Å². The van der Waals surface area contributed by atoms with Gasteiger partial charge in [-0.3, -0.25) is 25.0 Å². The molecule has 0 spiro atoms. The fraction of sp³-hybridized carbons (Fsp3) is 0.188. The van der Waals surface area contributed by atoms with Crippen LogP contribution < -0.4 is 5.32 Å². The van der Waals surface area contributed by atoms with Crippen LogP contribution in [0.2, 0.25) is 0 Å². The van der Waals surface area contributed by atoms with Crippen LogP contribution in [0.15, 0.2) is 42.5 Å². The number of nitro benzene ring substituents is 2. The lowest BCUT2D eigenvalue weighted by Gasteiger charge is -2.14. The Labute approximate surface area is 141 Å². The molecule has 0 aromatic heterocycles. The lowest BCUT2D eigenvalue weighted by molar-refractivity contribution is -0.394. The van der Waals surface area contributed by atoms with Gasteiger partial charge in [-0.05, 0) is 31.0 Å². The quantitative estimate of drug-likeness (QED) is 0.637. The third-order valence-corrected chi connectivity index (χ3v) is 3.42. The van der Waals surface area contributed by atoms with Crippen LogP contribution in [0.5, 0.6) is 0 Å². The van der Waals surface area contributed by atoms with Gasteiger partial charge in [0.1, 0.15) is 5.82 Å². The van der Waals surface area contributed by atoms with Crippen molar-refractivity contribution in [2.45, 2.75) is 19.4 Å². The Balaban J connectivity index is 2.15. The summed E-state index contributed by atoms with van der Waals surface area (Å²) in [4.78, 5) is 32.4. The number of hydrogen-bond acceptors (Lipinski definition) is 5. The SMILES string of the molecule is C[C@@H](Cc1ccc(F)cc1)NC(=O)c1cc([N+](=O)[O-])cc([N+](=O)[O-])c1. The normalized spacial score (nSPS) is 11.6. The second kappa shape index (κ2) is 7.47. The average molecular weight is 347 g/mol. The van der Waals surface area contributed by atoms with E-state index in [0.29, 0.717) is 6.42 Å². The smallest absolute Gasteiger partial charge is 0.277 e. The van der Waals surface area contributed by atoms with Gasteiger partial charge in [-0.1, -0.05) is 12.1 Å². The Bertz CT molecular complexity index is 791. The van der Waals surface area contributed by atoms with Gasteiger partial charge in [0.05, 0.1) is 21.5 Å². The van der Waals surface area contributed by atoms with E-state index in [1.807, 2.05) is 0 Å². The van der Waals surface area contributed by atoms with Crippen LogP contribution in [-0.2, 0) is 6.42 Å². The molecular formula is C16H14FN3O5. The summed E-state index contributed by atoms with van der Waals surface area (Å²) in [5.74, 6) is -1.04. The number of carbonyl (C=O) groups is 1. The summed E-state index contributed by atoms with van der Waals surface area (Å²) < 4.78 is 12.9. The minimum atomic E-state index is -0.800. The number of benzene rings is 2. The van der Waals surface area contributed by atoms with E-state index in [1.165, 1.54) is 12.1 Å². The Morgan fingerprint density at radius 3 is 2.08 bits per heavy atom. The van der Waals surface area contributed by atoms with E-state index >= 15 is 0 Å². The molecule has 2 aromatic rings. The highest BCUT2D eigenvalue weighted by atomic mass is 19.1. The Morgan fingerprint density at radius 1 is 1.08 bits per heavy atom. The van der Waals surface area contributed by atoms with Crippen molar-refractivity contribution in [2.75, 3.05) is 0 Å². The standard InChI is InChI=1S/C16H14FN3O5/c1-10(6-11-2-4-13(17)5-3-11)18-16(21)12-7-14(19(22)23)9-15(8-12)20(24)25/h2-5,7-10H,6H2,1H3,(H,18,21)/t10-/m0/s1. The van der Waals surface area contributed by atoms with E-state index in [1.54, 1.807) is 19.1 Å². The molecule has 2 aromatic carbocycles. The van der Waals surface area contributed by atoms with Gasteiger partial charge < -0.3 is 5.32 Å². The third-order valence-electron chi connectivity index (χ3n) is 3.42. The van der Waals surface area contributed by atoms with Crippen molar-refractivity contribution >= 4 is 17.3 Å². The van der Waals surface area contributed by atoms with Crippen LogP contribution in [0.4, 0.5) is 15.8 Å². The zero-order chi connectivity index (χ0) is 18.6. The molecule has 0 radical (unpaired) electrons. The van der Waals surface area contributed by atoms with Gasteiger partial charge in [0.15, 0.2) is 0 Å². The first-order chi connectivity index (χ1) is 11.8. The number of nitrogens with zero attached hydrogens (tertiary/aromatic N) is 2. The topological polar surface area (TPSA) is 115 Å². The van der Waals surface area contributed by atoms with Crippen LogP contribution in [-0.4, -0.2) is 21.8 Å². The number of amides is 1. The van der Waals surface area contributed by atoms with Crippen LogP contribution in [0.25, 0.3) is 0 Å². The molecule has 9 heteroatoms. The maximum atomic E-state index is 12.9. The highest BCUT2D eigenvalue weighted by molar-refractivity contribution is 5.95. The van der Waals surface area contributed by atoms with Gasteiger partial charge in [-0.2, -0.15) is 0 Å². The summed E-state index contributed by atoms with van der Waals surface area (Å²) in [5, 5.41) is 24.3. The summed E-state index contributed by atoms with van der Waals surface area (Å²) in [6.45, 7) is 1.70. The molecule has 0 saturated heterocycles. The molecule has 0 aliphatic heterocycles.